The van der Waals surface area contributed by atoms with Gasteiger partial charge in [-0.15, -0.1) is 0 Å². The van der Waals surface area contributed by atoms with Crippen LogP contribution in [-0.4, -0.2) is 16.7 Å². The lowest BCUT2D eigenvalue weighted by molar-refractivity contribution is -0.384. The molecule has 0 unspecified atom stereocenters. The molecule has 0 amide bonds. The second-order valence-electron chi connectivity index (χ2n) is 3.34. The van der Waals surface area contributed by atoms with Crippen LogP contribution >= 0.6 is 0 Å². The number of Topliss-reactive ketones (excluding diaryl/α,β-unsaturated/α-hetero) is 1. The third-order valence-electron chi connectivity index (χ3n) is 2.12. The molecule has 0 spiro atoms. The maximum Gasteiger partial charge on any atom is 0.269 e. The summed E-state index contributed by atoms with van der Waals surface area (Å²) in [6.07, 6.45) is 0.410. The van der Waals surface area contributed by atoms with Gasteiger partial charge < -0.3 is 5.73 Å². The highest BCUT2D eigenvalue weighted by atomic mass is 16.6. The summed E-state index contributed by atoms with van der Waals surface area (Å²) in [7, 11) is 0. The van der Waals surface area contributed by atoms with Crippen molar-refractivity contribution < 1.29 is 9.72 Å². The summed E-state index contributed by atoms with van der Waals surface area (Å²) in [6, 6.07) is 5.50. The first-order chi connectivity index (χ1) is 9.00. The van der Waals surface area contributed by atoms with Gasteiger partial charge in [-0.05, 0) is 18.9 Å². The van der Waals surface area contributed by atoms with Gasteiger partial charge >= 0.3 is 0 Å². The summed E-state index contributed by atoms with van der Waals surface area (Å²) in [5.74, 6) is -0.0895. The van der Waals surface area contributed by atoms with Gasteiger partial charge in [-0.1, -0.05) is 39.8 Å². The SMILES string of the molecule is CC.CC.CC(=O)[C@@H](N)Cc1ccc([N+](=O)[O-])cc1. The van der Waals surface area contributed by atoms with E-state index < -0.39 is 11.0 Å². The molecule has 1 aromatic rings. The van der Waals surface area contributed by atoms with Gasteiger partial charge in [0.2, 0.25) is 0 Å². The Hall–Kier alpha value is -1.75. The molecule has 0 radical (unpaired) electrons. The second-order valence-corrected chi connectivity index (χ2v) is 3.34. The van der Waals surface area contributed by atoms with Crippen LogP contribution in [0.2, 0.25) is 0 Å². The molecule has 5 heteroatoms. The Morgan fingerprint density at radius 2 is 1.63 bits per heavy atom. The van der Waals surface area contributed by atoms with Crippen molar-refractivity contribution in [2.24, 2.45) is 5.73 Å². The van der Waals surface area contributed by atoms with Crippen molar-refractivity contribution in [3.8, 4) is 0 Å². The largest absolute Gasteiger partial charge is 0.321 e. The molecule has 0 aliphatic carbocycles. The summed E-state index contributed by atoms with van der Waals surface area (Å²) < 4.78 is 0. The first-order valence-electron chi connectivity index (χ1n) is 6.50. The molecule has 0 bridgehead atoms. The standard InChI is InChI=1S/C10H12N2O3.2C2H6/c1-7(13)10(11)6-8-2-4-9(5-3-8)12(14)15;2*1-2/h2-5,10H,6,11H2,1H3;2*1-2H3/t10-;;/m0../s1. The Bertz CT molecular complexity index is 375. The minimum Gasteiger partial charge on any atom is -0.321 e. The van der Waals surface area contributed by atoms with Gasteiger partial charge in [0.1, 0.15) is 5.78 Å². The molecule has 108 valence electrons. The normalized spacial score (nSPS) is 10.2. The van der Waals surface area contributed by atoms with Gasteiger partial charge in [0, 0.05) is 12.1 Å². The number of non-ortho nitro benzene ring substituents is 1. The van der Waals surface area contributed by atoms with E-state index in [0.717, 1.165) is 5.56 Å². The molecule has 0 aliphatic rings. The molecule has 1 rings (SSSR count). The highest BCUT2D eigenvalue weighted by Crippen LogP contribution is 2.12. The van der Waals surface area contributed by atoms with Gasteiger partial charge in [-0.2, -0.15) is 0 Å². The summed E-state index contributed by atoms with van der Waals surface area (Å²) in [6.45, 7) is 9.43. The summed E-state index contributed by atoms with van der Waals surface area (Å²) in [5.41, 5.74) is 6.42. The number of hydrogen-bond acceptors (Lipinski definition) is 4. The van der Waals surface area contributed by atoms with Crippen molar-refractivity contribution in [2.75, 3.05) is 0 Å². The van der Waals surface area contributed by atoms with Crippen LogP contribution < -0.4 is 5.73 Å². The van der Waals surface area contributed by atoms with E-state index in [1.165, 1.54) is 19.1 Å². The number of nitro groups is 1. The van der Waals surface area contributed by atoms with E-state index >= 15 is 0 Å². The smallest absolute Gasteiger partial charge is 0.269 e. The van der Waals surface area contributed by atoms with Crippen molar-refractivity contribution >= 4 is 11.5 Å². The number of nitro benzene ring substituents is 1. The molecule has 1 atom stereocenters. The molecule has 2 N–H and O–H groups in total. The van der Waals surface area contributed by atoms with E-state index in [0.29, 0.717) is 6.42 Å². The quantitative estimate of drug-likeness (QED) is 0.671. The first kappa shape index (κ1) is 19.6. The fourth-order valence-electron chi connectivity index (χ4n) is 1.15. The molecule has 0 heterocycles. The molecule has 19 heavy (non-hydrogen) atoms. The topological polar surface area (TPSA) is 86.2 Å². The maximum atomic E-state index is 10.9. The van der Waals surface area contributed by atoms with Crippen LogP contribution in [0.4, 0.5) is 5.69 Å². The van der Waals surface area contributed by atoms with Crippen molar-refractivity contribution in [1.82, 2.24) is 0 Å². The third kappa shape index (κ3) is 8.05. The van der Waals surface area contributed by atoms with Crippen molar-refractivity contribution in [1.29, 1.82) is 0 Å². The Balaban J connectivity index is 0. The van der Waals surface area contributed by atoms with Crippen molar-refractivity contribution in [2.45, 2.75) is 47.1 Å². The predicted molar refractivity (Wildman–Crippen MR) is 78.2 cm³/mol. The van der Waals surface area contributed by atoms with Gasteiger partial charge in [0.25, 0.3) is 5.69 Å². The molecule has 0 aliphatic heterocycles. The van der Waals surface area contributed by atoms with Crippen LogP contribution in [0.1, 0.15) is 40.2 Å². The Morgan fingerprint density at radius 3 is 1.95 bits per heavy atom. The van der Waals surface area contributed by atoms with Gasteiger partial charge in [-0.3, -0.25) is 14.9 Å². The lowest BCUT2D eigenvalue weighted by atomic mass is 10.0. The van der Waals surface area contributed by atoms with Crippen LogP contribution in [0, 0.1) is 10.1 Å². The average Bonchev–Trinajstić information content (AvgIpc) is 2.43. The van der Waals surface area contributed by atoms with Crippen LogP contribution in [0.15, 0.2) is 24.3 Å². The van der Waals surface area contributed by atoms with Crippen molar-refractivity contribution in [3.05, 3.63) is 39.9 Å². The van der Waals surface area contributed by atoms with Gasteiger partial charge in [0.15, 0.2) is 0 Å². The third-order valence-corrected chi connectivity index (χ3v) is 2.12. The molecular formula is C14H24N2O3. The number of nitrogens with two attached hydrogens (primary N) is 1. The summed E-state index contributed by atoms with van der Waals surface area (Å²) >= 11 is 0. The Kier molecular flexibility index (Phi) is 11.7. The number of hydrogen-bond donors (Lipinski definition) is 1. The van der Waals surface area contributed by atoms with E-state index in [4.69, 9.17) is 5.73 Å². The number of carbonyl (C=O) groups excluding carboxylic acids is 1. The van der Waals surface area contributed by atoms with Crippen molar-refractivity contribution in [3.63, 3.8) is 0 Å². The minimum atomic E-state index is -0.536. The van der Waals surface area contributed by atoms with E-state index in [1.54, 1.807) is 12.1 Å². The summed E-state index contributed by atoms with van der Waals surface area (Å²) in [4.78, 5) is 20.8. The van der Waals surface area contributed by atoms with Crippen LogP contribution in [0.3, 0.4) is 0 Å². The molecular weight excluding hydrogens is 244 g/mol. The Morgan fingerprint density at radius 1 is 1.21 bits per heavy atom. The zero-order valence-electron chi connectivity index (χ0n) is 12.3. The number of nitrogens with zero attached hydrogens (tertiary/aromatic N) is 1. The number of ketones is 1. The van der Waals surface area contributed by atoms with Crippen LogP contribution in [0.25, 0.3) is 0 Å². The fraction of sp³-hybridized carbons (Fsp3) is 0.500. The van der Waals surface area contributed by atoms with E-state index in [-0.39, 0.29) is 11.5 Å². The average molecular weight is 268 g/mol. The van der Waals surface area contributed by atoms with Crippen LogP contribution in [0.5, 0.6) is 0 Å². The summed E-state index contributed by atoms with van der Waals surface area (Å²) in [5, 5.41) is 10.4. The highest BCUT2D eigenvalue weighted by molar-refractivity contribution is 5.81. The van der Waals surface area contributed by atoms with Gasteiger partial charge in [0.05, 0.1) is 11.0 Å². The molecule has 5 nitrogen and oxygen atoms in total. The monoisotopic (exact) mass is 268 g/mol. The lowest BCUT2D eigenvalue weighted by Gasteiger charge is -2.06. The van der Waals surface area contributed by atoms with Crippen LogP contribution in [-0.2, 0) is 11.2 Å². The van der Waals surface area contributed by atoms with Gasteiger partial charge in [-0.25, -0.2) is 0 Å². The maximum absolute atomic E-state index is 10.9. The lowest BCUT2D eigenvalue weighted by Crippen LogP contribution is -2.30. The molecule has 0 aromatic heterocycles. The fourth-order valence-corrected chi connectivity index (χ4v) is 1.15. The van der Waals surface area contributed by atoms with E-state index in [9.17, 15) is 14.9 Å². The zero-order valence-corrected chi connectivity index (χ0v) is 12.3. The highest BCUT2D eigenvalue weighted by Gasteiger charge is 2.10. The molecule has 0 saturated carbocycles. The Labute approximate surface area is 115 Å². The first-order valence-corrected chi connectivity index (χ1v) is 6.50. The zero-order chi connectivity index (χ0) is 15.4. The van der Waals surface area contributed by atoms with E-state index in [2.05, 4.69) is 0 Å². The molecule has 0 saturated heterocycles. The van der Waals surface area contributed by atoms with E-state index in [1.807, 2.05) is 27.7 Å². The number of carbonyl (C=O) groups is 1. The minimum absolute atomic E-state index is 0.0372. The second kappa shape index (κ2) is 11.3. The molecule has 1 aromatic carbocycles. The molecule has 0 fully saturated rings. The number of benzene rings is 1. The number of rotatable bonds is 4. The predicted octanol–water partition coefficient (Wildman–Crippen LogP) is 3.11.